The van der Waals surface area contributed by atoms with Crippen LogP contribution in [0.25, 0.3) is 0 Å². The second-order valence-electron chi connectivity index (χ2n) is 7.97. The Morgan fingerprint density at radius 2 is 1.56 bits per heavy atom. The summed E-state index contributed by atoms with van der Waals surface area (Å²) in [7, 11) is 0. The fourth-order valence-corrected chi connectivity index (χ4v) is 4.01. The molecule has 3 fully saturated rings. The third-order valence-corrected chi connectivity index (χ3v) is 5.98. The van der Waals surface area contributed by atoms with Crippen LogP contribution in [0.4, 0.5) is 13.2 Å². The van der Waals surface area contributed by atoms with E-state index in [0.29, 0.717) is 18.8 Å². The zero-order chi connectivity index (χ0) is 18.1. The predicted molar refractivity (Wildman–Crippen MR) is 87.0 cm³/mol. The highest BCUT2D eigenvalue weighted by Crippen LogP contribution is 2.45. The van der Waals surface area contributed by atoms with Gasteiger partial charge in [-0.25, -0.2) is 0 Å². The molecule has 0 atom stereocenters. The monoisotopic (exact) mass is 363 g/mol. The number of hydrogen-bond donors (Lipinski definition) is 1. The molecule has 0 aromatic heterocycles. The number of aliphatic hydroxyl groups is 1. The Balaban J connectivity index is 1.35. The van der Waals surface area contributed by atoms with Crippen molar-refractivity contribution in [3.05, 3.63) is 0 Å². The molecule has 1 N–H and O–H groups in total. The second-order valence-corrected chi connectivity index (χ2v) is 7.97. The lowest BCUT2D eigenvalue weighted by atomic mass is 9.95. The number of likely N-dealkylation sites (tertiary alicyclic amines) is 1. The van der Waals surface area contributed by atoms with Gasteiger partial charge in [0.1, 0.15) is 0 Å². The van der Waals surface area contributed by atoms with Crippen molar-refractivity contribution < 1.29 is 23.1 Å². The van der Waals surface area contributed by atoms with Gasteiger partial charge < -0.3 is 19.8 Å². The van der Waals surface area contributed by atoms with Gasteiger partial charge in [0.15, 0.2) is 0 Å². The number of carbonyl (C=O) groups is 1. The molecule has 144 valence electrons. The number of rotatable bonds is 5. The molecule has 1 aliphatic carbocycles. The normalized spacial score (nSPS) is 26.0. The van der Waals surface area contributed by atoms with Crippen LogP contribution in [0.3, 0.4) is 0 Å². The zero-order valence-electron chi connectivity index (χ0n) is 14.6. The molecule has 0 aromatic carbocycles. The minimum atomic E-state index is -4.75. The molecule has 2 heterocycles. The molecule has 3 aliphatic rings. The number of nitrogens with zero attached hydrogens (tertiary/aromatic N) is 3. The van der Waals surface area contributed by atoms with Crippen molar-refractivity contribution in [3.8, 4) is 0 Å². The highest BCUT2D eigenvalue weighted by Gasteiger charge is 2.44. The van der Waals surface area contributed by atoms with Crippen molar-refractivity contribution in [2.45, 2.75) is 31.9 Å². The molecule has 0 radical (unpaired) electrons. The molecule has 0 aromatic rings. The number of amides is 1. The third kappa shape index (κ3) is 4.86. The molecule has 8 heteroatoms. The molecule has 2 saturated heterocycles. The summed E-state index contributed by atoms with van der Waals surface area (Å²) in [6.07, 6.45) is -1.21. The Morgan fingerprint density at radius 1 is 1.00 bits per heavy atom. The van der Waals surface area contributed by atoms with E-state index in [9.17, 15) is 23.1 Å². The first-order chi connectivity index (χ1) is 11.8. The van der Waals surface area contributed by atoms with E-state index < -0.39 is 12.1 Å². The van der Waals surface area contributed by atoms with Crippen molar-refractivity contribution in [2.24, 2.45) is 11.3 Å². The Kier molecular flexibility index (Phi) is 5.60. The van der Waals surface area contributed by atoms with Gasteiger partial charge in [-0.2, -0.15) is 13.2 Å². The summed E-state index contributed by atoms with van der Waals surface area (Å²) in [5.41, 5.74) is 0.153. The van der Waals surface area contributed by atoms with Gasteiger partial charge in [0.2, 0.25) is 0 Å². The summed E-state index contributed by atoms with van der Waals surface area (Å²) in [6.45, 7) is 6.53. The van der Waals surface area contributed by atoms with Crippen LogP contribution in [0.1, 0.15) is 25.7 Å². The fraction of sp³-hybridized carbons (Fsp3) is 0.941. The lowest BCUT2D eigenvalue weighted by Gasteiger charge is -2.39. The summed E-state index contributed by atoms with van der Waals surface area (Å²) in [6, 6.07) is 0. The SMILES string of the molecule is O=C(N1CCC(CN2CCN(CC3(CO)CC3)CC2)CC1)C(F)(F)F. The van der Waals surface area contributed by atoms with Crippen LogP contribution in [0.5, 0.6) is 0 Å². The van der Waals surface area contributed by atoms with Gasteiger partial charge in [-0.1, -0.05) is 0 Å². The minimum Gasteiger partial charge on any atom is -0.396 e. The van der Waals surface area contributed by atoms with Crippen LogP contribution in [-0.4, -0.2) is 90.9 Å². The number of carbonyl (C=O) groups excluding carboxylic acids is 1. The molecule has 0 bridgehead atoms. The quantitative estimate of drug-likeness (QED) is 0.797. The number of alkyl halides is 3. The van der Waals surface area contributed by atoms with E-state index in [2.05, 4.69) is 9.80 Å². The first kappa shape index (κ1) is 18.9. The number of aliphatic hydroxyl groups excluding tert-OH is 1. The Morgan fingerprint density at radius 3 is 2.04 bits per heavy atom. The standard InChI is InChI=1S/C17H28F3N3O2/c18-17(19,20)15(25)23-5-1-14(2-6-23)11-21-7-9-22(10-8-21)12-16(13-24)3-4-16/h14,24H,1-13H2. The lowest BCUT2D eigenvalue weighted by molar-refractivity contribution is -0.186. The van der Waals surface area contributed by atoms with Gasteiger partial charge in [-0.15, -0.1) is 0 Å². The highest BCUT2D eigenvalue weighted by atomic mass is 19.4. The maximum absolute atomic E-state index is 12.5. The molecular formula is C17H28F3N3O2. The Hall–Kier alpha value is -0.860. The van der Waals surface area contributed by atoms with Crippen LogP contribution >= 0.6 is 0 Å². The smallest absolute Gasteiger partial charge is 0.396 e. The van der Waals surface area contributed by atoms with Gasteiger partial charge in [-0.3, -0.25) is 4.79 Å². The van der Waals surface area contributed by atoms with Gasteiger partial charge >= 0.3 is 12.1 Å². The second kappa shape index (κ2) is 7.40. The topological polar surface area (TPSA) is 47.0 Å². The predicted octanol–water partition coefficient (Wildman–Crippen LogP) is 1.18. The molecule has 1 saturated carbocycles. The summed E-state index contributed by atoms with van der Waals surface area (Å²) >= 11 is 0. The summed E-state index contributed by atoms with van der Waals surface area (Å²) in [4.78, 5) is 17.0. The van der Waals surface area contributed by atoms with Crippen LogP contribution in [0, 0.1) is 11.3 Å². The average Bonchev–Trinajstić information content (AvgIpc) is 3.36. The van der Waals surface area contributed by atoms with Crippen molar-refractivity contribution in [1.82, 2.24) is 14.7 Å². The maximum Gasteiger partial charge on any atom is 0.471 e. The van der Waals surface area contributed by atoms with Crippen molar-refractivity contribution in [3.63, 3.8) is 0 Å². The summed E-state index contributed by atoms with van der Waals surface area (Å²) in [5, 5.41) is 9.43. The molecule has 1 amide bonds. The van der Waals surface area contributed by atoms with E-state index in [1.807, 2.05) is 0 Å². The van der Waals surface area contributed by atoms with E-state index in [1.165, 1.54) is 0 Å². The Labute approximate surface area is 146 Å². The Bertz CT molecular complexity index is 466. The summed E-state index contributed by atoms with van der Waals surface area (Å²) < 4.78 is 37.4. The van der Waals surface area contributed by atoms with E-state index >= 15 is 0 Å². The van der Waals surface area contributed by atoms with E-state index in [0.717, 1.165) is 57.0 Å². The fourth-order valence-electron chi connectivity index (χ4n) is 4.01. The lowest BCUT2D eigenvalue weighted by Crippen LogP contribution is -2.51. The van der Waals surface area contributed by atoms with E-state index in [4.69, 9.17) is 0 Å². The summed E-state index contributed by atoms with van der Waals surface area (Å²) in [5.74, 6) is -1.33. The molecule has 25 heavy (non-hydrogen) atoms. The molecule has 3 rings (SSSR count). The molecule has 0 spiro atoms. The van der Waals surface area contributed by atoms with Crippen molar-refractivity contribution in [2.75, 3.05) is 59.0 Å². The van der Waals surface area contributed by atoms with Crippen LogP contribution in [-0.2, 0) is 4.79 Å². The number of halogens is 3. The first-order valence-corrected chi connectivity index (χ1v) is 9.23. The van der Waals surface area contributed by atoms with Gasteiger partial charge in [0.25, 0.3) is 0 Å². The minimum absolute atomic E-state index is 0.153. The maximum atomic E-state index is 12.5. The highest BCUT2D eigenvalue weighted by molar-refractivity contribution is 5.81. The van der Waals surface area contributed by atoms with Crippen molar-refractivity contribution >= 4 is 5.91 Å². The molecule has 5 nitrogen and oxygen atoms in total. The average molecular weight is 363 g/mol. The van der Waals surface area contributed by atoms with Crippen molar-refractivity contribution in [1.29, 1.82) is 0 Å². The third-order valence-electron chi connectivity index (χ3n) is 5.98. The first-order valence-electron chi connectivity index (χ1n) is 9.23. The molecule has 0 unspecified atom stereocenters. The number of piperidine rings is 1. The van der Waals surface area contributed by atoms with E-state index in [-0.39, 0.29) is 25.1 Å². The zero-order valence-corrected chi connectivity index (χ0v) is 14.6. The van der Waals surface area contributed by atoms with Gasteiger partial charge in [0.05, 0.1) is 0 Å². The van der Waals surface area contributed by atoms with Crippen LogP contribution in [0.15, 0.2) is 0 Å². The number of piperazine rings is 1. The van der Waals surface area contributed by atoms with E-state index in [1.54, 1.807) is 0 Å². The molecular weight excluding hydrogens is 335 g/mol. The molecule has 2 aliphatic heterocycles. The largest absolute Gasteiger partial charge is 0.471 e. The number of hydrogen-bond acceptors (Lipinski definition) is 4. The van der Waals surface area contributed by atoms with Gasteiger partial charge in [-0.05, 0) is 31.6 Å². The van der Waals surface area contributed by atoms with Crippen LogP contribution < -0.4 is 0 Å². The van der Waals surface area contributed by atoms with Gasteiger partial charge in [0, 0.05) is 64.4 Å². The van der Waals surface area contributed by atoms with Crippen LogP contribution in [0.2, 0.25) is 0 Å².